The molecule has 0 spiro atoms. The Morgan fingerprint density at radius 3 is 2.45 bits per heavy atom. The molecule has 3 aromatic rings. The van der Waals surface area contributed by atoms with Crippen LogP contribution in [0.15, 0.2) is 54.6 Å². The average molecular weight is 451 g/mol. The number of ether oxygens (including phenoxy) is 1. The second kappa shape index (κ2) is 12.6. The van der Waals surface area contributed by atoms with E-state index in [4.69, 9.17) is 9.72 Å². The van der Waals surface area contributed by atoms with Gasteiger partial charge in [0.15, 0.2) is 6.61 Å². The van der Waals surface area contributed by atoms with Gasteiger partial charge >= 0.3 is 0 Å². The topological polar surface area (TPSA) is 76.5 Å². The van der Waals surface area contributed by atoms with Gasteiger partial charge in [0.05, 0.1) is 11.0 Å². The first kappa shape index (κ1) is 24.3. The fourth-order valence-corrected chi connectivity index (χ4v) is 3.83. The predicted molar refractivity (Wildman–Crippen MR) is 130 cm³/mol. The van der Waals surface area contributed by atoms with Crippen LogP contribution in [0.25, 0.3) is 11.0 Å². The van der Waals surface area contributed by atoms with E-state index in [2.05, 4.69) is 9.88 Å². The second-order valence-electron chi connectivity index (χ2n) is 7.93. The quantitative estimate of drug-likeness (QED) is 0.402. The van der Waals surface area contributed by atoms with Crippen LogP contribution in [0.3, 0.4) is 0 Å². The van der Waals surface area contributed by atoms with Gasteiger partial charge in [0.25, 0.3) is 5.91 Å². The number of hydrogen-bond donors (Lipinski definition) is 1. The van der Waals surface area contributed by atoms with Gasteiger partial charge in [0, 0.05) is 26.1 Å². The summed E-state index contributed by atoms with van der Waals surface area (Å²) in [5, 5.41) is 2.90. The molecule has 3 rings (SSSR count). The molecule has 0 aliphatic carbocycles. The number of nitrogens with zero attached hydrogens (tertiary/aromatic N) is 3. The van der Waals surface area contributed by atoms with Gasteiger partial charge in [-0.3, -0.25) is 9.59 Å². The highest BCUT2D eigenvalue weighted by Crippen LogP contribution is 2.18. The molecule has 33 heavy (non-hydrogen) atoms. The number of carbonyl (C=O) groups is 2. The first-order chi connectivity index (χ1) is 16.1. The minimum Gasteiger partial charge on any atom is -0.484 e. The highest BCUT2D eigenvalue weighted by molar-refractivity contribution is 5.81. The van der Waals surface area contributed by atoms with Crippen LogP contribution in [0.4, 0.5) is 0 Å². The average Bonchev–Trinajstić information content (AvgIpc) is 3.18. The van der Waals surface area contributed by atoms with Crippen molar-refractivity contribution in [3.63, 3.8) is 0 Å². The lowest BCUT2D eigenvalue weighted by Gasteiger charge is -2.20. The molecule has 7 nitrogen and oxygen atoms in total. The molecule has 0 atom stereocenters. The van der Waals surface area contributed by atoms with Gasteiger partial charge in [0.1, 0.15) is 18.1 Å². The normalized spacial score (nSPS) is 10.8. The maximum Gasteiger partial charge on any atom is 0.257 e. The molecule has 0 aliphatic heterocycles. The maximum absolute atomic E-state index is 12.7. The zero-order chi connectivity index (χ0) is 23.5. The molecule has 0 saturated carbocycles. The second-order valence-corrected chi connectivity index (χ2v) is 7.93. The zero-order valence-electron chi connectivity index (χ0n) is 19.6. The third-order valence-corrected chi connectivity index (χ3v) is 5.66. The van der Waals surface area contributed by atoms with Gasteiger partial charge in [-0.15, -0.1) is 0 Å². The number of nitrogens with one attached hydrogen (secondary N) is 1. The number of fused-ring (bicyclic) bond motifs is 1. The Morgan fingerprint density at radius 2 is 1.70 bits per heavy atom. The largest absolute Gasteiger partial charge is 0.484 e. The van der Waals surface area contributed by atoms with Crippen LogP contribution in [0.1, 0.15) is 38.9 Å². The van der Waals surface area contributed by atoms with Crippen LogP contribution >= 0.6 is 0 Å². The van der Waals surface area contributed by atoms with Crippen molar-refractivity contribution in [1.29, 1.82) is 0 Å². The summed E-state index contributed by atoms with van der Waals surface area (Å²) in [6.07, 6.45) is 3.59. The summed E-state index contributed by atoms with van der Waals surface area (Å²) in [7, 11) is 0. The Kier molecular flexibility index (Phi) is 9.30. The number of imidazole rings is 1. The Balaban J connectivity index is 1.45. The number of likely N-dealkylation sites (N-methyl/N-ethyl adjacent to an activating group) is 1. The van der Waals surface area contributed by atoms with Crippen molar-refractivity contribution in [1.82, 2.24) is 19.8 Å². The SMILES string of the molecule is CCN(CC)C(=O)Cn1c(CCCCCNC(=O)COc2ccccc2)nc2ccccc21. The highest BCUT2D eigenvalue weighted by Gasteiger charge is 2.16. The van der Waals surface area contributed by atoms with E-state index in [1.807, 2.05) is 73.3 Å². The van der Waals surface area contributed by atoms with E-state index < -0.39 is 0 Å². The molecule has 1 heterocycles. The Bertz CT molecular complexity index is 1030. The van der Waals surface area contributed by atoms with E-state index in [-0.39, 0.29) is 18.4 Å². The molecular weight excluding hydrogens is 416 g/mol. The number of unbranched alkanes of at least 4 members (excludes halogenated alkanes) is 2. The van der Waals surface area contributed by atoms with Crippen LogP contribution in [-0.2, 0) is 22.6 Å². The summed E-state index contributed by atoms with van der Waals surface area (Å²) in [4.78, 5) is 31.3. The van der Waals surface area contributed by atoms with E-state index in [1.54, 1.807) is 0 Å². The van der Waals surface area contributed by atoms with Gasteiger partial charge in [-0.05, 0) is 51.0 Å². The molecule has 0 radical (unpaired) electrons. The minimum absolute atomic E-state index is 0.0224. The number of aryl methyl sites for hydroxylation is 1. The van der Waals surface area contributed by atoms with Crippen LogP contribution < -0.4 is 10.1 Å². The van der Waals surface area contributed by atoms with E-state index in [0.29, 0.717) is 31.9 Å². The molecule has 1 aromatic heterocycles. The standard InChI is InChI=1S/C26H34N4O3/c1-3-29(4-2)26(32)19-30-23-16-11-10-15-22(23)28-24(30)17-9-6-12-18-27-25(31)20-33-21-13-7-5-8-14-21/h5,7-8,10-11,13-16H,3-4,6,9,12,17-20H2,1-2H3,(H,27,31). The summed E-state index contributed by atoms with van der Waals surface area (Å²) < 4.78 is 7.51. The van der Waals surface area contributed by atoms with Crippen molar-refractivity contribution in [2.24, 2.45) is 0 Å². The molecule has 1 N–H and O–H groups in total. The molecule has 0 unspecified atom stereocenters. The first-order valence-electron chi connectivity index (χ1n) is 11.8. The van der Waals surface area contributed by atoms with Crippen molar-refractivity contribution in [2.75, 3.05) is 26.2 Å². The van der Waals surface area contributed by atoms with E-state index >= 15 is 0 Å². The molecule has 0 bridgehead atoms. The number of hydrogen-bond acceptors (Lipinski definition) is 4. The van der Waals surface area contributed by atoms with Crippen molar-refractivity contribution in [2.45, 2.75) is 46.1 Å². The number of para-hydroxylation sites is 3. The molecule has 7 heteroatoms. The number of aromatic nitrogens is 2. The number of carbonyl (C=O) groups excluding carboxylic acids is 2. The van der Waals surface area contributed by atoms with Crippen molar-refractivity contribution >= 4 is 22.8 Å². The van der Waals surface area contributed by atoms with Crippen molar-refractivity contribution in [3.05, 3.63) is 60.4 Å². The first-order valence-corrected chi connectivity index (χ1v) is 11.8. The maximum atomic E-state index is 12.7. The zero-order valence-corrected chi connectivity index (χ0v) is 19.6. The van der Waals surface area contributed by atoms with Crippen molar-refractivity contribution in [3.8, 4) is 5.75 Å². The van der Waals surface area contributed by atoms with Gasteiger partial charge < -0.3 is 19.5 Å². The molecule has 176 valence electrons. The Labute approximate surface area is 195 Å². The van der Waals surface area contributed by atoms with Gasteiger partial charge in [-0.2, -0.15) is 0 Å². The fraction of sp³-hybridized carbons (Fsp3) is 0.423. The molecular formula is C26H34N4O3. The summed E-state index contributed by atoms with van der Waals surface area (Å²) in [6, 6.07) is 17.3. The smallest absolute Gasteiger partial charge is 0.257 e. The molecule has 0 saturated heterocycles. The molecule has 0 fully saturated rings. The lowest BCUT2D eigenvalue weighted by atomic mass is 10.2. The van der Waals surface area contributed by atoms with Crippen LogP contribution in [0.5, 0.6) is 5.75 Å². The van der Waals surface area contributed by atoms with Gasteiger partial charge in [-0.25, -0.2) is 4.98 Å². The fourth-order valence-electron chi connectivity index (χ4n) is 3.83. The highest BCUT2D eigenvalue weighted by atomic mass is 16.5. The molecule has 2 aromatic carbocycles. The van der Waals surface area contributed by atoms with Crippen LogP contribution in [0.2, 0.25) is 0 Å². The minimum atomic E-state index is -0.115. The van der Waals surface area contributed by atoms with Gasteiger partial charge in [-0.1, -0.05) is 36.8 Å². The number of rotatable bonds is 13. The lowest BCUT2D eigenvalue weighted by Crippen LogP contribution is -2.33. The van der Waals surface area contributed by atoms with Crippen molar-refractivity contribution < 1.29 is 14.3 Å². The van der Waals surface area contributed by atoms with Gasteiger partial charge in [0.2, 0.25) is 5.91 Å². The summed E-state index contributed by atoms with van der Waals surface area (Å²) in [6.45, 7) is 6.37. The third-order valence-electron chi connectivity index (χ3n) is 5.66. The van der Waals surface area contributed by atoms with E-state index in [0.717, 1.165) is 42.5 Å². The Hall–Kier alpha value is -3.35. The Morgan fingerprint density at radius 1 is 0.970 bits per heavy atom. The number of amides is 2. The third kappa shape index (κ3) is 7.07. The summed E-state index contributed by atoms with van der Waals surface area (Å²) >= 11 is 0. The summed E-state index contributed by atoms with van der Waals surface area (Å²) in [5.74, 6) is 1.63. The van der Waals surface area contributed by atoms with Crippen LogP contribution in [0, 0.1) is 0 Å². The molecule has 0 aliphatic rings. The van der Waals surface area contributed by atoms with E-state index in [9.17, 15) is 9.59 Å². The van der Waals surface area contributed by atoms with Crippen LogP contribution in [-0.4, -0.2) is 52.5 Å². The molecule has 2 amide bonds. The number of benzene rings is 2. The monoisotopic (exact) mass is 450 g/mol. The summed E-state index contributed by atoms with van der Waals surface area (Å²) in [5.41, 5.74) is 1.92. The lowest BCUT2D eigenvalue weighted by molar-refractivity contribution is -0.131. The predicted octanol–water partition coefficient (Wildman–Crippen LogP) is 3.81. The van der Waals surface area contributed by atoms with E-state index in [1.165, 1.54) is 0 Å².